The zero-order chi connectivity index (χ0) is 13.2. The molecule has 0 aliphatic carbocycles. The Labute approximate surface area is 104 Å². The molecule has 1 aromatic carbocycles. The molecule has 0 saturated heterocycles. The summed E-state index contributed by atoms with van der Waals surface area (Å²) in [7, 11) is 0. The highest BCUT2D eigenvalue weighted by atomic mass is 79.9. The minimum atomic E-state index is -4.57. The van der Waals surface area contributed by atoms with Crippen molar-refractivity contribution in [2.75, 3.05) is 0 Å². The van der Waals surface area contributed by atoms with Crippen molar-refractivity contribution in [3.8, 4) is 5.75 Å². The predicted octanol–water partition coefficient (Wildman–Crippen LogP) is 3.25. The summed E-state index contributed by atoms with van der Waals surface area (Å²) in [6.45, 7) is 1.19. The topological polar surface area (TPSA) is 35.2 Å². The molecule has 7 heteroatoms. The number of rotatable bonds is 3. The van der Waals surface area contributed by atoms with E-state index in [1.807, 2.05) is 0 Å². The van der Waals surface area contributed by atoms with Crippen LogP contribution >= 0.6 is 15.9 Å². The van der Waals surface area contributed by atoms with Crippen molar-refractivity contribution in [1.29, 1.82) is 0 Å². The minimum absolute atomic E-state index is 0.0283. The van der Waals surface area contributed by atoms with Gasteiger partial charge in [0.2, 0.25) is 6.10 Å². The Morgan fingerprint density at radius 1 is 1.35 bits per heavy atom. The van der Waals surface area contributed by atoms with Crippen LogP contribution < -0.4 is 10.5 Å². The van der Waals surface area contributed by atoms with Crippen LogP contribution in [-0.2, 0) is 0 Å². The Morgan fingerprint density at radius 3 is 2.35 bits per heavy atom. The highest BCUT2D eigenvalue weighted by Gasteiger charge is 2.44. The summed E-state index contributed by atoms with van der Waals surface area (Å²) in [5, 5.41) is 0. The summed E-state index contributed by atoms with van der Waals surface area (Å²) >= 11 is 2.86. The molecule has 0 aliphatic heterocycles. The number of hydrogen-bond acceptors (Lipinski definition) is 2. The molecule has 96 valence electrons. The molecule has 2 nitrogen and oxygen atoms in total. The average Bonchev–Trinajstić information content (AvgIpc) is 2.17. The largest absolute Gasteiger partial charge is 0.479 e. The van der Waals surface area contributed by atoms with Gasteiger partial charge in [0.1, 0.15) is 11.6 Å². The van der Waals surface area contributed by atoms with Gasteiger partial charge in [-0.25, -0.2) is 4.39 Å². The quantitative estimate of drug-likeness (QED) is 0.869. The Bertz CT molecular complexity index is 394. The smallest absolute Gasteiger partial charge is 0.426 e. The van der Waals surface area contributed by atoms with Gasteiger partial charge in [-0.05, 0) is 41.1 Å². The van der Waals surface area contributed by atoms with Crippen molar-refractivity contribution in [3.05, 3.63) is 28.5 Å². The summed E-state index contributed by atoms with van der Waals surface area (Å²) in [6, 6.07) is 2.02. The van der Waals surface area contributed by atoms with E-state index in [-0.39, 0.29) is 10.2 Å². The Kier molecular flexibility index (Phi) is 4.37. The molecule has 0 fully saturated rings. The van der Waals surface area contributed by atoms with Gasteiger partial charge >= 0.3 is 6.18 Å². The van der Waals surface area contributed by atoms with E-state index in [1.165, 1.54) is 6.92 Å². The van der Waals surface area contributed by atoms with Crippen molar-refractivity contribution in [2.45, 2.75) is 25.2 Å². The van der Waals surface area contributed by atoms with Crippen LogP contribution in [0.5, 0.6) is 5.75 Å². The third kappa shape index (κ3) is 3.85. The van der Waals surface area contributed by atoms with Gasteiger partial charge in [0, 0.05) is 6.04 Å². The first kappa shape index (κ1) is 14.2. The molecule has 0 heterocycles. The van der Waals surface area contributed by atoms with E-state index in [0.717, 1.165) is 18.2 Å². The second kappa shape index (κ2) is 5.22. The first-order chi connectivity index (χ1) is 7.71. The summed E-state index contributed by atoms with van der Waals surface area (Å²) in [5.41, 5.74) is 5.21. The van der Waals surface area contributed by atoms with Crippen molar-refractivity contribution < 1.29 is 22.3 Å². The molecule has 0 radical (unpaired) electrons. The van der Waals surface area contributed by atoms with Crippen LogP contribution in [0.2, 0.25) is 0 Å². The van der Waals surface area contributed by atoms with Gasteiger partial charge < -0.3 is 10.5 Å². The van der Waals surface area contributed by atoms with Gasteiger partial charge in [-0.1, -0.05) is 0 Å². The normalized spacial score (nSPS) is 15.5. The average molecular weight is 316 g/mol. The van der Waals surface area contributed by atoms with Crippen molar-refractivity contribution in [3.63, 3.8) is 0 Å². The number of benzene rings is 1. The molecular formula is C10H10BrF4NO. The van der Waals surface area contributed by atoms with Crippen LogP contribution in [0.15, 0.2) is 22.7 Å². The second-order valence-electron chi connectivity index (χ2n) is 3.52. The lowest BCUT2D eigenvalue weighted by Gasteiger charge is -2.24. The zero-order valence-corrected chi connectivity index (χ0v) is 10.3. The first-order valence-corrected chi connectivity index (χ1v) is 5.45. The SMILES string of the molecule is CC(N)C(Oc1ccc(F)c(Br)c1)C(F)(F)F. The van der Waals surface area contributed by atoms with E-state index in [2.05, 4.69) is 15.9 Å². The summed E-state index contributed by atoms with van der Waals surface area (Å²) in [5.74, 6) is -0.681. The summed E-state index contributed by atoms with van der Waals surface area (Å²) in [6.07, 6.45) is -6.70. The van der Waals surface area contributed by atoms with Gasteiger partial charge in [0.25, 0.3) is 0 Å². The molecule has 2 unspecified atom stereocenters. The highest BCUT2D eigenvalue weighted by Crippen LogP contribution is 2.29. The fourth-order valence-electron chi connectivity index (χ4n) is 1.17. The first-order valence-electron chi connectivity index (χ1n) is 4.66. The van der Waals surface area contributed by atoms with Gasteiger partial charge in [-0.3, -0.25) is 0 Å². The molecule has 1 aromatic rings. The molecule has 17 heavy (non-hydrogen) atoms. The van der Waals surface area contributed by atoms with Crippen LogP contribution in [0.4, 0.5) is 17.6 Å². The monoisotopic (exact) mass is 315 g/mol. The lowest BCUT2D eigenvalue weighted by Crippen LogP contribution is -2.47. The minimum Gasteiger partial charge on any atom is -0.479 e. The molecular weight excluding hydrogens is 306 g/mol. The van der Waals surface area contributed by atoms with Gasteiger partial charge in [0.15, 0.2) is 0 Å². The summed E-state index contributed by atoms with van der Waals surface area (Å²) < 4.78 is 55.3. The van der Waals surface area contributed by atoms with Gasteiger partial charge in [-0.2, -0.15) is 13.2 Å². The molecule has 1 rings (SSSR count). The van der Waals surface area contributed by atoms with Crippen LogP contribution in [0, 0.1) is 5.82 Å². The molecule has 0 spiro atoms. The van der Waals surface area contributed by atoms with Gasteiger partial charge in [-0.15, -0.1) is 0 Å². The van der Waals surface area contributed by atoms with E-state index in [0.29, 0.717) is 0 Å². The van der Waals surface area contributed by atoms with Crippen LogP contribution in [0.3, 0.4) is 0 Å². The van der Waals surface area contributed by atoms with E-state index in [4.69, 9.17) is 10.5 Å². The number of halogens is 5. The number of hydrogen-bond donors (Lipinski definition) is 1. The van der Waals surface area contributed by atoms with Crippen LogP contribution in [0.25, 0.3) is 0 Å². The molecule has 0 aliphatic rings. The second-order valence-corrected chi connectivity index (χ2v) is 4.37. The molecule has 0 aromatic heterocycles. The Hall–Kier alpha value is -0.820. The fraction of sp³-hybridized carbons (Fsp3) is 0.400. The third-order valence-electron chi connectivity index (χ3n) is 1.95. The lowest BCUT2D eigenvalue weighted by atomic mass is 10.2. The number of nitrogens with two attached hydrogens (primary N) is 1. The maximum Gasteiger partial charge on any atom is 0.426 e. The van der Waals surface area contributed by atoms with Crippen LogP contribution in [-0.4, -0.2) is 18.3 Å². The van der Waals surface area contributed by atoms with E-state index >= 15 is 0 Å². The van der Waals surface area contributed by atoms with Crippen LogP contribution in [0.1, 0.15) is 6.92 Å². The van der Waals surface area contributed by atoms with Gasteiger partial charge in [0.05, 0.1) is 4.47 Å². The molecule has 0 bridgehead atoms. The van der Waals surface area contributed by atoms with E-state index in [9.17, 15) is 17.6 Å². The highest BCUT2D eigenvalue weighted by molar-refractivity contribution is 9.10. The Balaban J connectivity index is 2.91. The molecule has 0 saturated carbocycles. The van der Waals surface area contributed by atoms with Crippen molar-refractivity contribution >= 4 is 15.9 Å². The fourth-order valence-corrected chi connectivity index (χ4v) is 1.53. The third-order valence-corrected chi connectivity index (χ3v) is 2.56. The van der Waals surface area contributed by atoms with E-state index < -0.39 is 24.1 Å². The maximum atomic E-state index is 12.9. The summed E-state index contributed by atoms with van der Waals surface area (Å²) in [4.78, 5) is 0. The Morgan fingerprint density at radius 2 is 1.94 bits per heavy atom. The molecule has 0 amide bonds. The zero-order valence-electron chi connectivity index (χ0n) is 8.76. The predicted molar refractivity (Wildman–Crippen MR) is 58.2 cm³/mol. The van der Waals surface area contributed by atoms with E-state index in [1.54, 1.807) is 0 Å². The molecule has 2 N–H and O–H groups in total. The van der Waals surface area contributed by atoms with Crippen molar-refractivity contribution in [1.82, 2.24) is 0 Å². The standard InChI is InChI=1S/C10H10BrF4NO/c1-5(16)9(10(13,14)15)17-6-2-3-8(12)7(11)4-6/h2-5,9H,16H2,1H3. The molecule has 2 atom stereocenters. The maximum absolute atomic E-state index is 12.9. The number of ether oxygens (including phenoxy) is 1. The number of alkyl halides is 3. The van der Waals surface area contributed by atoms with Crippen molar-refractivity contribution in [2.24, 2.45) is 5.73 Å². The lowest BCUT2D eigenvalue weighted by molar-refractivity contribution is -0.199.